The van der Waals surface area contributed by atoms with E-state index in [4.69, 9.17) is 4.74 Å². The Balaban J connectivity index is 0.933. The summed E-state index contributed by atoms with van der Waals surface area (Å²) in [5.41, 5.74) is 4.21. The van der Waals surface area contributed by atoms with Crippen LogP contribution in [-0.2, 0) is 16.6 Å². The topological polar surface area (TPSA) is 142 Å². The SMILES string of the molecule is CCN(C(=O)[C@@H]1CCN(CC(=O)N2CCN(c3ccc(-c4ncn(C)n4)cn3)CC2)C1)c1ccc2[nH]nc(-c3ccc(OC(C)C)nc3)c2c1. The van der Waals surface area contributed by atoms with Crippen LogP contribution in [0.25, 0.3) is 33.5 Å². The van der Waals surface area contributed by atoms with Crippen LogP contribution < -0.4 is 14.5 Å². The second-order valence-electron chi connectivity index (χ2n) is 13.2. The number of nitrogens with zero attached hydrogens (tertiary/aromatic N) is 10. The van der Waals surface area contributed by atoms with Crippen LogP contribution in [0.1, 0.15) is 27.2 Å². The number of nitrogens with one attached hydrogen (secondary N) is 1. The van der Waals surface area contributed by atoms with Gasteiger partial charge in [0.05, 0.1) is 24.1 Å². The number of aromatic amines is 1. The van der Waals surface area contributed by atoms with Gasteiger partial charge < -0.3 is 19.4 Å². The zero-order valence-electron chi connectivity index (χ0n) is 29.0. The number of rotatable bonds is 10. The van der Waals surface area contributed by atoms with Gasteiger partial charge in [0.15, 0.2) is 5.82 Å². The number of pyridine rings is 2. The van der Waals surface area contributed by atoms with E-state index in [1.54, 1.807) is 23.4 Å². The molecule has 260 valence electrons. The van der Waals surface area contributed by atoms with Crippen LogP contribution in [0.2, 0.25) is 0 Å². The van der Waals surface area contributed by atoms with Crippen LogP contribution in [0.3, 0.4) is 0 Å². The number of carbonyl (C=O) groups is 2. The minimum Gasteiger partial charge on any atom is -0.475 e. The summed E-state index contributed by atoms with van der Waals surface area (Å²) in [6.07, 6.45) is 5.99. The van der Waals surface area contributed by atoms with Gasteiger partial charge in [-0.15, -0.1) is 0 Å². The van der Waals surface area contributed by atoms with Crippen molar-refractivity contribution in [1.82, 2.24) is 44.7 Å². The van der Waals surface area contributed by atoms with Crippen LogP contribution in [-0.4, -0.2) is 115 Å². The molecule has 14 heteroatoms. The normalized spacial score (nSPS) is 16.8. The molecule has 2 amide bonds. The molecule has 1 N–H and O–H groups in total. The van der Waals surface area contributed by atoms with E-state index < -0.39 is 0 Å². The molecule has 1 atom stereocenters. The largest absolute Gasteiger partial charge is 0.475 e. The van der Waals surface area contributed by atoms with Crippen molar-refractivity contribution in [2.75, 3.05) is 62.2 Å². The smallest absolute Gasteiger partial charge is 0.236 e. The summed E-state index contributed by atoms with van der Waals surface area (Å²) in [6.45, 7) is 10.8. The molecule has 0 bridgehead atoms. The van der Waals surface area contributed by atoms with Gasteiger partial charge in [-0.2, -0.15) is 10.2 Å². The summed E-state index contributed by atoms with van der Waals surface area (Å²) in [4.78, 5) is 48.6. The molecule has 5 aromatic rings. The van der Waals surface area contributed by atoms with Gasteiger partial charge in [0.1, 0.15) is 17.8 Å². The van der Waals surface area contributed by atoms with E-state index in [0.29, 0.717) is 57.5 Å². The van der Waals surface area contributed by atoms with E-state index in [-0.39, 0.29) is 23.8 Å². The Morgan fingerprint density at radius 1 is 0.980 bits per heavy atom. The molecular weight excluding hydrogens is 634 g/mol. The number of anilines is 2. The monoisotopic (exact) mass is 677 g/mol. The summed E-state index contributed by atoms with van der Waals surface area (Å²) in [5.74, 6) is 2.10. The first-order chi connectivity index (χ1) is 24.2. The molecule has 0 unspecified atom stereocenters. The molecule has 2 aliphatic heterocycles. The average molecular weight is 678 g/mol. The number of aromatic nitrogens is 7. The zero-order chi connectivity index (χ0) is 34.8. The van der Waals surface area contributed by atoms with Crippen molar-refractivity contribution in [1.29, 1.82) is 0 Å². The lowest BCUT2D eigenvalue weighted by molar-refractivity contribution is -0.132. The van der Waals surface area contributed by atoms with Crippen molar-refractivity contribution < 1.29 is 14.3 Å². The minimum atomic E-state index is -0.174. The maximum Gasteiger partial charge on any atom is 0.236 e. The molecule has 0 spiro atoms. The number of ether oxygens (including phenoxy) is 1. The van der Waals surface area contributed by atoms with E-state index in [0.717, 1.165) is 52.2 Å². The van der Waals surface area contributed by atoms with Gasteiger partial charge in [-0.3, -0.25) is 24.3 Å². The van der Waals surface area contributed by atoms with Crippen molar-refractivity contribution in [2.45, 2.75) is 33.3 Å². The fourth-order valence-corrected chi connectivity index (χ4v) is 6.74. The number of aryl methyl sites for hydroxylation is 1. The molecule has 14 nitrogen and oxygen atoms in total. The van der Waals surface area contributed by atoms with E-state index in [1.807, 2.05) is 80.1 Å². The van der Waals surface area contributed by atoms with Crippen LogP contribution in [0.5, 0.6) is 5.88 Å². The number of hydrogen-bond acceptors (Lipinski definition) is 10. The third kappa shape index (κ3) is 7.01. The number of H-pyrrole nitrogens is 1. The van der Waals surface area contributed by atoms with Gasteiger partial charge in [0, 0.05) is 87.0 Å². The first-order valence-electron chi connectivity index (χ1n) is 17.3. The van der Waals surface area contributed by atoms with Gasteiger partial charge in [0.2, 0.25) is 17.7 Å². The minimum absolute atomic E-state index is 0.0406. The summed E-state index contributed by atoms with van der Waals surface area (Å²) >= 11 is 0. The summed E-state index contributed by atoms with van der Waals surface area (Å²) in [5, 5.41) is 12.9. The fraction of sp³-hybridized carbons (Fsp3) is 0.417. The lowest BCUT2D eigenvalue weighted by Gasteiger charge is -2.36. The maximum atomic E-state index is 13.9. The molecule has 2 saturated heterocycles. The second kappa shape index (κ2) is 14.2. The van der Waals surface area contributed by atoms with E-state index in [2.05, 4.69) is 40.0 Å². The first-order valence-corrected chi connectivity index (χ1v) is 17.3. The molecule has 0 aliphatic carbocycles. The second-order valence-corrected chi connectivity index (χ2v) is 13.2. The molecule has 0 radical (unpaired) electrons. The van der Waals surface area contributed by atoms with E-state index in [1.165, 1.54) is 0 Å². The van der Waals surface area contributed by atoms with Gasteiger partial charge in [-0.1, -0.05) is 0 Å². The molecule has 2 fully saturated rings. The molecule has 0 saturated carbocycles. The highest BCUT2D eigenvalue weighted by atomic mass is 16.5. The van der Waals surface area contributed by atoms with Crippen LogP contribution in [0.15, 0.2) is 61.2 Å². The predicted molar refractivity (Wildman–Crippen MR) is 191 cm³/mol. The Bertz CT molecular complexity index is 1950. The zero-order valence-corrected chi connectivity index (χ0v) is 29.0. The Hall–Kier alpha value is -5.37. The van der Waals surface area contributed by atoms with Crippen molar-refractivity contribution in [3.63, 3.8) is 0 Å². The van der Waals surface area contributed by atoms with Crippen LogP contribution in [0, 0.1) is 5.92 Å². The lowest BCUT2D eigenvalue weighted by Crippen LogP contribution is -2.51. The molecule has 4 aromatic heterocycles. The average Bonchev–Trinajstić information content (AvgIpc) is 3.89. The third-order valence-corrected chi connectivity index (χ3v) is 9.35. The molecule has 6 heterocycles. The number of piperazine rings is 1. The first kappa shape index (κ1) is 33.1. The summed E-state index contributed by atoms with van der Waals surface area (Å²) in [6, 6.07) is 13.7. The van der Waals surface area contributed by atoms with Crippen LogP contribution >= 0.6 is 0 Å². The number of hydrogen-bond donors (Lipinski definition) is 1. The van der Waals surface area contributed by atoms with Crippen molar-refractivity contribution >= 4 is 34.2 Å². The predicted octanol–water partition coefficient (Wildman–Crippen LogP) is 3.63. The van der Waals surface area contributed by atoms with Gasteiger partial charge in [-0.25, -0.2) is 15.0 Å². The number of fused-ring (bicyclic) bond motifs is 1. The van der Waals surface area contributed by atoms with Gasteiger partial charge >= 0.3 is 0 Å². The fourth-order valence-electron chi connectivity index (χ4n) is 6.74. The Morgan fingerprint density at radius 3 is 2.46 bits per heavy atom. The highest BCUT2D eigenvalue weighted by Crippen LogP contribution is 2.31. The van der Waals surface area contributed by atoms with Crippen molar-refractivity contribution in [2.24, 2.45) is 13.0 Å². The number of amides is 2. The van der Waals surface area contributed by atoms with E-state index in [9.17, 15) is 9.59 Å². The Labute approximate surface area is 291 Å². The lowest BCUT2D eigenvalue weighted by atomic mass is 10.1. The molecular formula is C36H43N11O3. The highest BCUT2D eigenvalue weighted by Gasteiger charge is 2.34. The highest BCUT2D eigenvalue weighted by molar-refractivity contribution is 6.00. The Morgan fingerprint density at radius 2 is 1.78 bits per heavy atom. The third-order valence-electron chi connectivity index (χ3n) is 9.35. The summed E-state index contributed by atoms with van der Waals surface area (Å²) < 4.78 is 7.36. The molecule has 2 aliphatic rings. The standard InChI is InChI=1S/C36H43N11O3/c1-5-47(28-8-9-30-29(18-28)34(41-40-30)25-7-11-32(38-19-25)50-24(2)3)36(49)27-12-13-44(21-27)22-33(48)46-16-14-45(15-17-46)31-10-6-26(20-37-31)35-39-23-43(4)42-35/h6-11,18-20,23-24,27H,5,12-17,21-22H2,1-4H3,(H,40,41)/t27-/m1/s1. The van der Waals surface area contributed by atoms with Gasteiger partial charge in [-0.05, 0) is 70.1 Å². The number of carbonyl (C=O) groups excluding carboxylic acids is 2. The number of benzene rings is 1. The number of likely N-dealkylation sites (tertiary alicyclic amines) is 1. The Kier molecular flexibility index (Phi) is 9.44. The van der Waals surface area contributed by atoms with E-state index >= 15 is 0 Å². The quantitative estimate of drug-likeness (QED) is 0.233. The summed E-state index contributed by atoms with van der Waals surface area (Å²) in [7, 11) is 1.84. The molecule has 50 heavy (non-hydrogen) atoms. The van der Waals surface area contributed by atoms with Crippen molar-refractivity contribution in [3.8, 4) is 28.5 Å². The molecule has 7 rings (SSSR count). The van der Waals surface area contributed by atoms with Crippen molar-refractivity contribution in [3.05, 3.63) is 61.2 Å². The maximum absolute atomic E-state index is 13.9. The van der Waals surface area contributed by atoms with Crippen LogP contribution in [0.4, 0.5) is 11.5 Å². The van der Waals surface area contributed by atoms with Gasteiger partial charge in [0.25, 0.3) is 0 Å². The molecule has 1 aromatic carbocycles.